The minimum absolute atomic E-state index is 0.0180. The molecule has 74 valence electrons. The minimum Gasteiger partial charge on any atom is -0.459 e. The van der Waals surface area contributed by atoms with Crippen molar-refractivity contribution in [2.24, 2.45) is 11.8 Å². The van der Waals surface area contributed by atoms with Gasteiger partial charge < -0.3 is 4.74 Å². The van der Waals surface area contributed by atoms with E-state index < -0.39 is 0 Å². The Morgan fingerprint density at radius 2 is 2.23 bits per heavy atom. The molecule has 2 nitrogen and oxygen atoms in total. The summed E-state index contributed by atoms with van der Waals surface area (Å²) in [6, 6.07) is 0. The van der Waals surface area contributed by atoms with E-state index >= 15 is 0 Å². The van der Waals surface area contributed by atoms with Crippen molar-refractivity contribution in [3.05, 3.63) is 0 Å². The summed E-state index contributed by atoms with van der Waals surface area (Å²) in [7, 11) is 0. The first-order valence-corrected chi connectivity index (χ1v) is 5.33. The Bertz CT molecular complexity index is 222. The molecule has 0 radical (unpaired) electrons. The molecule has 1 spiro atoms. The molecule has 0 aromatic carbocycles. The lowest BCUT2D eigenvalue weighted by Gasteiger charge is -2.22. The van der Waals surface area contributed by atoms with E-state index in [1.165, 1.54) is 6.42 Å². The van der Waals surface area contributed by atoms with Crippen LogP contribution in [0.1, 0.15) is 46.0 Å². The van der Waals surface area contributed by atoms with E-state index in [0.717, 1.165) is 31.1 Å². The normalized spacial score (nSPS) is 39.0. The van der Waals surface area contributed by atoms with Gasteiger partial charge in [0.05, 0.1) is 0 Å². The van der Waals surface area contributed by atoms with Gasteiger partial charge in [-0.3, -0.25) is 4.79 Å². The van der Waals surface area contributed by atoms with Gasteiger partial charge in [-0.2, -0.15) is 0 Å². The lowest BCUT2D eigenvalue weighted by atomic mass is 9.91. The van der Waals surface area contributed by atoms with Gasteiger partial charge in [0.1, 0.15) is 5.60 Å². The number of hydrogen-bond donors (Lipinski definition) is 0. The SMILES string of the molecule is CC(C)C1CCC2(CCC(=O)O2)C1. The first kappa shape index (κ1) is 9.04. The molecule has 2 atom stereocenters. The third-order valence-electron chi connectivity index (χ3n) is 3.66. The molecule has 2 aliphatic rings. The molecule has 2 fully saturated rings. The largest absolute Gasteiger partial charge is 0.459 e. The van der Waals surface area contributed by atoms with Crippen LogP contribution in [-0.4, -0.2) is 11.6 Å². The van der Waals surface area contributed by atoms with Crippen LogP contribution in [0, 0.1) is 11.8 Å². The van der Waals surface area contributed by atoms with Crippen LogP contribution in [0.2, 0.25) is 0 Å². The van der Waals surface area contributed by atoms with Gasteiger partial charge in [-0.15, -0.1) is 0 Å². The van der Waals surface area contributed by atoms with Crippen molar-refractivity contribution in [2.45, 2.75) is 51.6 Å². The zero-order chi connectivity index (χ0) is 9.47. The number of esters is 1. The molecule has 1 aliphatic carbocycles. The van der Waals surface area contributed by atoms with Crippen LogP contribution < -0.4 is 0 Å². The molecule has 0 N–H and O–H groups in total. The molecule has 0 aromatic rings. The number of carbonyl (C=O) groups is 1. The molecule has 13 heavy (non-hydrogen) atoms. The van der Waals surface area contributed by atoms with E-state index in [2.05, 4.69) is 13.8 Å². The van der Waals surface area contributed by atoms with E-state index in [1.807, 2.05) is 0 Å². The molecule has 2 unspecified atom stereocenters. The molecule has 1 aliphatic heterocycles. The maximum Gasteiger partial charge on any atom is 0.306 e. The predicted octanol–water partition coefficient (Wildman–Crippen LogP) is 2.52. The van der Waals surface area contributed by atoms with Crippen LogP contribution >= 0.6 is 0 Å². The first-order chi connectivity index (χ1) is 6.11. The van der Waals surface area contributed by atoms with Gasteiger partial charge in [0.15, 0.2) is 0 Å². The van der Waals surface area contributed by atoms with Crippen molar-refractivity contribution in [2.75, 3.05) is 0 Å². The fraction of sp³-hybridized carbons (Fsp3) is 0.909. The Morgan fingerprint density at radius 1 is 1.46 bits per heavy atom. The molecule has 0 aromatic heterocycles. The highest BCUT2D eigenvalue weighted by molar-refractivity contribution is 5.72. The molecular weight excluding hydrogens is 164 g/mol. The zero-order valence-electron chi connectivity index (χ0n) is 8.51. The highest BCUT2D eigenvalue weighted by Crippen LogP contribution is 2.46. The fourth-order valence-corrected chi connectivity index (χ4v) is 2.69. The van der Waals surface area contributed by atoms with E-state index in [1.54, 1.807) is 0 Å². The summed E-state index contributed by atoms with van der Waals surface area (Å²) < 4.78 is 5.45. The van der Waals surface area contributed by atoms with Gasteiger partial charge in [-0.05, 0) is 37.5 Å². The molecule has 1 saturated heterocycles. The van der Waals surface area contributed by atoms with Gasteiger partial charge in [0.2, 0.25) is 0 Å². The van der Waals surface area contributed by atoms with Crippen molar-refractivity contribution in [3.8, 4) is 0 Å². The zero-order valence-corrected chi connectivity index (χ0v) is 8.51. The van der Waals surface area contributed by atoms with Crippen molar-refractivity contribution in [1.29, 1.82) is 0 Å². The van der Waals surface area contributed by atoms with E-state index in [4.69, 9.17) is 4.74 Å². The van der Waals surface area contributed by atoms with Gasteiger partial charge in [-0.1, -0.05) is 13.8 Å². The summed E-state index contributed by atoms with van der Waals surface area (Å²) in [6.45, 7) is 4.53. The quantitative estimate of drug-likeness (QED) is 0.582. The summed E-state index contributed by atoms with van der Waals surface area (Å²) in [5.41, 5.74) is -0.0357. The summed E-state index contributed by atoms with van der Waals surface area (Å²) in [5.74, 6) is 1.52. The molecule has 2 heteroatoms. The molecular formula is C11H18O2. The van der Waals surface area contributed by atoms with Gasteiger partial charge >= 0.3 is 5.97 Å². The van der Waals surface area contributed by atoms with Crippen LogP contribution in [0.25, 0.3) is 0 Å². The molecule has 2 rings (SSSR count). The lowest BCUT2D eigenvalue weighted by molar-refractivity contribution is -0.148. The average molecular weight is 182 g/mol. The van der Waals surface area contributed by atoms with Crippen LogP contribution in [0.15, 0.2) is 0 Å². The Morgan fingerprint density at radius 3 is 2.69 bits per heavy atom. The molecule has 1 heterocycles. The third-order valence-corrected chi connectivity index (χ3v) is 3.66. The van der Waals surface area contributed by atoms with Crippen LogP contribution in [0.3, 0.4) is 0 Å². The lowest BCUT2D eigenvalue weighted by Crippen LogP contribution is -2.25. The minimum atomic E-state index is -0.0357. The molecule has 0 amide bonds. The smallest absolute Gasteiger partial charge is 0.306 e. The van der Waals surface area contributed by atoms with Crippen LogP contribution in [0.5, 0.6) is 0 Å². The average Bonchev–Trinajstić information content (AvgIpc) is 2.61. The monoisotopic (exact) mass is 182 g/mol. The van der Waals surface area contributed by atoms with Crippen molar-refractivity contribution >= 4 is 5.97 Å². The maximum absolute atomic E-state index is 11.1. The second kappa shape index (κ2) is 3.00. The second-order valence-electron chi connectivity index (χ2n) is 4.90. The number of carbonyl (C=O) groups excluding carboxylic acids is 1. The highest BCUT2D eigenvalue weighted by atomic mass is 16.6. The van der Waals surface area contributed by atoms with E-state index in [0.29, 0.717) is 6.42 Å². The Labute approximate surface area is 79.7 Å². The van der Waals surface area contributed by atoms with Crippen LogP contribution in [0.4, 0.5) is 0 Å². The topological polar surface area (TPSA) is 26.3 Å². The van der Waals surface area contributed by atoms with Gasteiger partial charge in [0.25, 0.3) is 0 Å². The third kappa shape index (κ3) is 1.59. The summed E-state index contributed by atoms with van der Waals surface area (Å²) in [6.07, 6.45) is 5.06. The van der Waals surface area contributed by atoms with Crippen molar-refractivity contribution in [1.82, 2.24) is 0 Å². The first-order valence-electron chi connectivity index (χ1n) is 5.33. The molecule has 1 saturated carbocycles. The van der Waals surface area contributed by atoms with Gasteiger partial charge in [0, 0.05) is 6.42 Å². The number of ether oxygens (including phenoxy) is 1. The summed E-state index contributed by atoms with van der Waals surface area (Å²) in [4.78, 5) is 11.1. The molecule has 0 bridgehead atoms. The highest BCUT2D eigenvalue weighted by Gasteiger charge is 2.46. The van der Waals surface area contributed by atoms with E-state index in [-0.39, 0.29) is 11.6 Å². The Kier molecular flexibility index (Phi) is 2.09. The van der Waals surface area contributed by atoms with E-state index in [9.17, 15) is 4.79 Å². The second-order valence-corrected chi connectivity index (χ2v) is 4.90. The number of hydrogen-bond acceptors (Lipinski definition) is 2. The maximum atomic E-state index is 11.1. The summed E-state index contributed by atoms with van der Waals surface area (Å²) >= 11 is 0. The van der Waals surface area contributed by atoms with Crippen LogP contribution in [-0.2, 0) is 9.53 Å². The number of rotatable bonds is 1. The fourth-order valence-electron chi connectivity index (χ4n) is 2.69. The standard InChI is InChI=1S/C11H18O2/c1-8(2)9-3-5-11(7-9)6-4-10(12)13-11/h8-9H,3-7H2,1-2H3. The Hall–Kier alpha value is -0.530. The van der Waals surface area contributed by atoms with Crippen molar-refractivity contribution < 1.29 is 9.53 Å². The summed E-state index contributed by atoms with van der Waals surface area (Å²) in [5, 5.41) is 0. The predicted molar refractivity (Wildman–Crippen MR) is 50.2 cm³/mol. The van der Waals surface area contributed by atoms with Crippen molar-refractivity contribution in [3.63, 3.8) is 0 Å². The van der Waals surface area contributed by atoms with Gasteiger partial charge in [-0.25, -0.2) is 0 Å². The Balaban J connectivity index is 2.01.